The summed E-state index contributed by atoms with van der Waals surface area (Å²) in [7, 11) is 0. The first-order valence-electron chi connectivity index (χ1n) is 4.60. The zero-order chi connectivity index (χ0) is 9.14. The number of hydrogen-bond donors (Lipinski definition) is 1. The van der Waals surface area contributed by atoms with Crippen molar-refractivity contribution in [1.29, 1.82) is 0 Å². The van der Waals surface area contributed by atoms with Crippen LogP contribution in [0.1, 0.15) is 33.6 Å². The minimum Gasteiger partial charge on any atom is -0.447 e. The third-order valence-corrected chi connectivity index (χ3v) is 2.09. The number of nitrogens with one attached hydrogen (secondary N) is 1. The second kappa shape index (κ2) is 3.78. The average Bonchev–Trinajstić information content (AvgIpc) is 2.65. The van der Waals surface area contributed by atoms with Crippen LogP contribution in [0.3, 0.4) is 0 Å². The molecule has 70 valence electrons. The molecule has 0 aromatic rings. The summed E-state index contributed by atoms with van der Waals surface area (Å²) in [5.74, 6) is 0.685. The predicted octanol–water partition coefficient (Wildman–Crippen LogP) is 1.92. The summed E-state index contributed by atoms with van der Waals surface area (Å²) in [6, 6.07) is 0.376. The second-order valence-corrected chi connectivity index (χ2v) is 3.61. The largest absolute Gasteiger partial charge is 0.447 e. The van der Waals surface area contributed by atoms with Crippen LogP contribution in [-0.2, 0) is 4.74 Å². The summed E-state index contributed by atoms with van der Waals surface area (Å²) in [4.78, 5) is 11.0. The van der Waals surface area contributed by atoms with E-state index in [1.807, 2.05) is 13.8 Å². The molecule has 3 nitrogen and oxygen atoms in total. The maximum absolute atomic E-state index is 11.0. The summed E-state index contributed by atoms with van der Waals surface area (Å²) in [5.41, 5.74) is 0. The molecule has 0 spiro atoms. The first kappa shape index (κ1) is 9.36. The normalized spacial score (nSPS) is 27.0. The Bertz CT molecular complexity index is 168. The van der Waals surface area contributed by atoms with Gasteiger partial charge in [0.25, 0.3) is 0 Å². The topological polar surface area (TPSA) is 38.3 Å². The van der Waals surface area contributed by atoms with Gasteiger partial charge in [-0.3, -0.25) is 0 Å². The van der Waals surface area contributed by atoms with Crippen molar-refractivity contribution in [3.05, 3.63) is 0 Å². The van der Waals surface area contributed by atoms with E-state index in [1.54, 1.807) is 0 Å². The highest BCUT2D eigenvalue weighted by atomic mass is 16.6. The van der Waals surface area contributed by atoms with Gasteiger partial charge in [-0.15, -0.1) is 0 Å². The molecule has 0 saturated heterocycles. The Labute approximate surface area is 73.5 Å². The Balaban J connectivity index is 2.12. The maximum Gasteiger partial charge on any atom is 0.407 e. The van der Waals surface area contributed by atoms with Gasteiger partial charge in [0.1, 0.15) is 0 Å². The zero-order valence-corrected chi connectivity index (χ0v) is 7.96. The number of carbonyl (C=O) groups is 1. The number of ether oxygens (including phenoxy) is 1. The molecule has 0 aromatic carbocycles. The van der Waals surface area contributed by atoms with Crippen LogP contribution in [0.2, 0.25) is 0 Å². The molecule has 3 heteroatoms. The minimum atomic E-state index is -0.272. The van der Waals surface area contributed by atoms with Gasteiger partial charge in [0.2, 0.25) is 0 Å². The quantitative estimate of drug-likeness (QED) is 0.704. The first-order chi connectivity index (χ1) is 5.63. The molecule has 1 fully saturated rings. The van der Waals surface area contributed by atoms with E-state index in [0.717, 1.165) is 12.8 Å². The van der Waals surface area contributed by atoms with Crippen molar-refractivity contribution < 1.29 is 9.53 Å². The third-order valence-electron chi connectivity index (χ3n) is 2.09. The smallest absolute Gasteiger partial charge is 0.407 e. The number of carbonyl (C=O) groups excluding carboxylic acids is 1. The van der Waals surface area contributed by atoms with E-state index in [2.05, 4.69) is 12.2 Å². The Morgan fingerprint density at radius 1 is 1.67 bits per heavy atom. The van der Waals surface area contributed by atoms with Crippen molar-refractivity contribution in [2.75, 3.05) is 0 Å². The number of amides is 1. The van der Waals surface area contributed by atoms with Gasteiger partial charge in [0, 0.05) is 6.04 Å². The molecular weight excluding hydrogens is 154 g/mol. The standard InChI is InChI=1S/C9H17NO2/c1-4-7-5-8(7)10-9(11)12-6(2)3/h6-8H,4-5H2,1-3H3,(H,10,11). The maximum atomic E-state index is 11.0. The summed E-state index contributed by atoms with van der Waals surface area (Å²) in [6.45, 7) is 5.84. The summed E-state index contributed by atoms with van der Waals surface area (Å²) >= 11 is 0. The van der Waals surface area contributed by atoms with Crippen LogP contribution in [0.15, 0.2) is 0 Å². The molecule has 0 bridgehead atoms. The summed E-state index contributed by atoms with van der Waals surface area (Å²) < 4.78 is 4.94. The van der Waals surface area contributed by atoms with Gasteiger partial charge in [-0.25, -0.2) is 4.79 Å². The Morgan fingerprint density at radius 3 is 2.75 bits per heavy atom. The summed E-state index contributed by atoms with van der Waals surface area (Å²) in [5, 5.41) is 2.83. The Morgan fingerprint density at radius 2 is 2.33 bits per heavy atom. The van der Waals surface area contributed by atoms with E-state index in [4.69, 9.17) is 4.74 Å². The third kappa shape index (κ3) is 2.72. The first-order valence-corrected chi connectivity index (χ1v) is 4.60. The lowest BCUT2D eigenvalue weighted by Crippen LogP contribution is -2.29. The van der Waals surface area contributed by atoms with Gasteiger partial charge in [-0.2, -0.15) is 0 Å². The highest BCUT2D eigenvalue weighted by Gasteiger charge is 2.36. The molecule has 0 heterocycles. The molecule has 0 aliphatic heterocycles. The lowest BCUT2D eigenvalue weighted by Gasteiger charge is -2.08. The summed E-state index contributed by atoms with van der Waals surface area (Å²) in [6.07, 6.45) is 1.96. The molecule has 1 amide bonds. The lowest BCUT2D eigenvalue weighted by molar-refractivity contribution is 0.114. The number of rotatable bonds is 3. The molecule has 1 aliphatic rings. The molecular formula is C9H17NO2. The van der Waals surface area contributed by atoms with Crippen molar-refractivity contribution in [2.24, 2.45) is 5.92 Å². The highest BCUT2D eigenvalue weighted by molar-refractivity contribution is 5.68. The van der Waals surface area contributed by atoms with Crippen LogP contribution in [0.4, 0.5) is 4.79 Å². The monoisotopic (exact) mass is 171 g/mol. The Hall–Kier alpha value is -0.730. The van der Waals surface area contributed by atoms with Crippen LogP contribution in [0.5, 0.6) is 0 Å². The number of alkyl carbamates (subject to hydrolysis) is 1. The van der Waals surface area contributed by atoms with E-state index >= 15 is 0 Å². The fourth-order valence-corrected chi connectivity index (χ4v) is 1.28. The fourth-order valence-electron chi connectivity index (χ4n) is 1.28. The van der Waals surface area contributed by atoms with E-state index in [0.29, 0.717) is 12.0 Å². The fraction of sp³-hybridized carbons (Fsp3) is 0.889. The highest BCUT2D eigenvalue weighted by Crippen LogP contribution is 2.33. The van der Waals surface area contributed by atoms with Gasteiger partial charge in [-0.05, 0) is 26.2 Å². The molecule has 0 aromatic heterocycles. The van der Waals surface area contributed by atoms with Crippen LogP contribution < -0.4 is 5.32 Å². The van der Waals surface area contributed by atoms with E-state index in [9.17, 15) is 4.79 Å². The van der Waals surface area contributed by atoms with E-state index in [1.165, 1.54) is 0 Å². The molecule has 2 unspecified atom stereocenters. The SMILES string of the molecule is CCC1CC1NC(=O)OC(C)C. The minimum absolute atomic E-state index is 0.0242. The average molecular weight is 171 g/mol. The van der Waals surface area contributed by atoms with Crippen LogP contribution in [0.25, 0.3) is 0 Å². The zero-order valence-electron chi connectivity index (χ0n) is 7.96. The number of hydrogen-bond acceptors (Lipinski definition) is 2. The molecule has 2 atom stereocenters. The van der Waals surface area contributed by atoms with E-state index < -0.39 is 0 Å². The van der Waals surface area contributed by atoms with Gasteiger partial charge in [0.05, 0.1) is 6.10 Å². The van der Waals surface area contributed by atoms with Crippen molar-refractivity contribution >= 4 is 6.09 Å². The van der Waals surface area contributed by atoms with Crippen LogP contribution >= 0.6 is 0 Å². The van der Waals surface area contributed by atoms with Crippen molar-refractivity contribution in [1.82, 2.24) is 5.32 Å². The van der Waals surface area contributed by atoms with E-state index in [-0.39, 0.29) is 12.2 Å². The van der Waals surface area contributed by atoms with Crippen molar-refractivity contribution in [2.45, 2.75) is 45.8 Å². The molecule has 12 heavy (non-hydrogen) atoms. The van der Waals surface area contributed by atoms with Crippen molar-refractivity contribution in [3.8, 4) is 0 Å². The van der Waals surface area contributed by atoms with Gasteiger partial charge in [-0.1, -0.05) is 13.3 Å². The van der Waals surface area contributed by atoms with Crippen LogP contribution in [0, 0.1) is 5.92 Å². The molecule has 1 N–H and O–H groups in total. The van der Waals surface area contributed by atoms with Crippen LogP contribution in [-0.4, -0.2) is 18.2 Å². The molecule has 1 rings (SSSR count). The molecule has 0 radical (unpaired) electrons. The lowest BCUT2D eigenvalue weighted by atomic mass is 10.3. The molecule has 1 aliphatic carbocycles. The molecule has 1 saturated carbocycles. The Kier molecular flexibility index (Phi) is 2.95. The van der Waals surface area contributed by atoms with Gasteiger partial charge < -0.3 is 10.1 Å². The van der Waals surface area contributed by atoms with Crippen molar-refractivity contribution in [3.63, 3.8) is 0 Å². The van der Waals surface area contributed by atoms with Gasteiger partial charge >= 0.3 is 6.09 Å². The second-order valence-electron chi connectivity index (χ2n) is 3.61. The predicted molar refractivity (Wildman–Crippen MR) is 46.9 cm³/mol. The van der Waals surface area contributed by atoms with Gasteiger partial charge in [0.15, 0.2) is 0 Å².